The van der Waals surface area contributed by atoms with E-state index in [1.807, 2.05) is 60.7 Å². The van der Waals surface area contributed by atoms with E-state index < -0.39 is 0 Å². The molecule has 0 unspecified atom stereocenters. The minimum atomic E-state index is -0.170. The number of rotatable bonds is 5. The van der Waals surface area contributed by atoms with Crippen molar-refractivity contribution in [3.8, 4) is 11.4 Å². The monoisotopic (exact) mass is 481 g/mol. The Hall–Kier alpha value is -2.93. The zero-order valence-electron chi connectivity index (χ0n) is 16.9. The fraction of sp³-hybridized carbons (Fsp3) is 0.0833. The summed E-state index contributed by atoms with van der Waals surface area (Å²) < 4.78 is 6.98. The molecule has 0 spiro atoms. The van der Waals surface area contributed by atoms with Crippen LogP contribution in [0.15, 0.2) is 76.7 Å². The molecule has 5 rings (SSSR count). The number of nitrogens with zero attached hydrogens (tertiary/aromatic N) is 2. The van der Waals surface area contributed by atoms with Gasteiger partial charge in [-0.15, -0.1) is 0 Å². The maximum absolute atomic E-state index is 13.6. The third-order valence-corrected chi connectivity index (χ3v) is 6.91. The number of halogens is 2. The summed E-state index contributed by atoms with van der Waals surface area (Å²) in [6.45, 7) is 0. The summed E-state index contributed by atoms with van der Waals surface area (Å²) in [4.78, 5) is 21.8. The number of aromatic amines is 1. The van der Waals surface area contributed by atoms with Crippen LogP contribution >= 0.6 is 35.0 Å². The van der Waals surface area contributed by atoms with Gasteiger partial charge in [-0.25, -0.2) is 4.98 Å². The number of thioether (sulfide) groups is 1. The highest BCUT2D eigenvalue weighted by atomic mass is 35.5. The van der Waals surface area contributed by atoms with Crippen molar-refractivity contribution in [3.63, 3.8) is 0 Å². The molecule has 0 radical (unpaired) electrons. The Balaban J connectivity index is 1.69. The molecule has 0 aliphatic carbocycles. The number of nitrogens with one attached hydrogen (secondary N) is 1. The minimum Gasteiger partial charge on any atom is -0.497 e. The van der Waals surface area contributed by atoms with Crippen LogP contribution in [0.1, 0.15) is 5.56 Å². The highest BCUT2D eigenvalue weighted by Crippen LogP contribution is 2.30. The summed E-state index contributed by atoms with van der Waals surface area (Å²) in [7, 11) is 1.60. The molecule has 160 valence electrons. The van der Waals surface area contributed by atoms with Crippen LogP contribution in [0.5, 0.6) is 5.75 Å². The van der Waals surface area contributed by atoms with Crippen molar-refractivity contribution < 1.29 is 4.74 Å². The lowest BCUT2D eigenvalue weighted by molar-refractivity contribution is 0.414. The molecule has 8 heteroatoms. The highest BCUT2D eigenvalue weighted by Gasteiger charge is 2.18. The molecule has 0 atom stereocenters. The Kier molecular flexibility index (Phi) is 5.59. The van der Waals surface area contributed by atoms with Gasteiger partial charge < -0.3 is 9.72 Å². The Bertz CT molecular complexity index is 1530. The van der Waals surface area contributed by atoms with Gasteiger partial charge in [-0.2, -0.15) is 0 Å². The van der Waals surface area contributed by atoms with E-state index in [2.05, 4.69) is 4.98 Å². The molecule has 0 saturated heterocycles. The SMILES string of the molecule is COc1cccc(-n2c(SCc3ccc(Cl)c(Cl)c3)nc3c([nH]c4ccccc43)c2=O)c1. The molecule has 2 heterocycles. The number of para-hydroxylation sites is 1. The van der Waals surface area contributed by atoms with Crippen molar-refractivity contribution in [2.75, 3.05) is 7.11 Å². The van der Waals surface area contributed by atoms with Crippen LogP contribution in [-0.2, 0) is 5.75 Å². The van der Waals surface area contributed by atoms with Gasteiger partial charge in [-0.1, -0.05) is 65.3 Å². The second kappa shape index (κ2) is 8.54. The second-order valence-corrected chi connectivity index (χ2v) is 8.92. The van der Waals surface area contributed by atoms with E-state index in [0.717, 1.165) is 16.5 Å². The van der Waals surface area contributed by atoms with Gasteiger partial charge in [0.2, 0.25) is 0 Å². The standard InChI is InChI=1S/C24H17Cl2N3O2S/c1-31-16-6-4-5-15(12-16)29-23(30)22-21(17-7-2-3-8-20(17)27-22)28-24(29)32-13-14-9-10-18(25)19(26)11-14/h2-12,27H,13H2,1H3. The van der Waals surface area contributed by atoms with Crippen LogP contribution in [0.2, 0.25) is 10.0 Å². The molecule has 2 aromatic heterocycles. The van der Waals surface area contributed by atoms with Crippen LogP contribution in [0, 0.1) is 0 Å². The van der Waals surface area contributed by atoms with Crippen molar-refractivity contribution in [3.05, 3.63) is 92.7 Å². The first kappa shape index (κ1) is 20.9. The van der Waals surface area contributed by atoms with E-state index in [4.69, 9.17) is 32.9 Å². The van der Waals surface area contributed by atoms with Crippen LogP contribution in [-0.4, -0.2) is 21.6 Å². The average Bonchev–Trinajstić information content (AvgIpc) is 3.19. The maximum Gasteiger partial charge on any atom is 0.283 e. The Morgan fingerprint density at radius 2 is 1.88 bits per heavy atom. The van der Waals surface area contributed by atoms with Gasteiger partial charge in [0.25, 0.3) is 5.56 Å². The van der Waals surface area contributed by atoms with E-state index in [9.17, 15) is 4.79 Å². The molecule has 0 fully saturated rings. The molecular formula is C24H17Cl2N3O2S. The van der Waals surface area contributed by atoms with Crippen LogP contribution < -0.4 is 10.3 Å². The number of ether oxygens (including phenoxy) is 1. The molecule has 0 aliphatic rings. The van der Waals surface area contributed by atoms with Crippen molar-refractivity contribution in [2.45, 2.75) is 10.9 Å². The second-order valence-electron chi connectivity index (χ2n) is 7.17. The van der Waals surface area contributed by atoms with E-state index >= 15 is 0 Å². The third-order valence-electron chi connectivity index (χ3n) is 5.16. The summed E-state index contributed by atoms with van der Waals surface area (Å²) in [6, 6.07) is 20.7. The summed E-state index contributed by atoms with van der Waals surface area (Å²) in [6.07, 6.45) is 0. The van der Waals surface area contributed by atoms with Crippen LogP contribution in [0.4, 0.5) is 0 Å². The molecular weight excluding hydrogens is 465 g/mol. The number of methoxy groups -OCH3 is 1. The van der Waals surface area contributed by atoms with Gasteiger partial charge in [-0.3, -0.25) is 9.36 Å². The van der Waals surface area contributed by atoms with Gasteiger partial charge in [0.15, 0.2) is 5.16 Å². The van der Waals surface area contributed by atoms with Crippen molar-refractivity contribution in [2.24, 2.45) is 0 Å². The molecule has 0 saturated carbocycles. The molecule has 0 aliphatic heterocycles. The fourth-order valence-electron chi connectivity index (χ4n) is 3.59. The zero-order chi connectivity index (χ0) is 22.2. The van der Waals surface area contributed by atoms with Crippen molar-refractivity contribution in [1.82, 2.24) is 14.5 Å². The molecule has 5 nitrogen and oxygen atoms in total. The van der Waals surface area contributed by atoms with E-state index in [-0.39, 0.29) is 5.56 Å². The lowest BCUT2D eigenvalue weighted by Crippen LogP contribution is -2.21. The van der Waals surface area contributed by atoms with Gasteiger partial charge in [0.05, 0.1) is 22.8 Å². The Labute approximate surface area is 198 Å². The number of fused-ring (bicyclic) bond motifs is 3. The van der Waals surface area contributed by atoms with E-state index in [1.54, 1.807) is 17.7 Å². The van der Waals surface area contributed by atoms with Crippen molar-refractivity contribution >= 4 is 56.9 Å². The van der Waals surface area contributed by atoms with Crippen molar-refractivity contribution in [1.29, 1.82) is 0 Å². The predicted octanol–water partition coefficient (Wildman–Crippen LogP) is 6.47. The lowest BCUT2D eigenvalue weighted by Gasteiger charge is -2.13. The number of hydrogen-bond donors (Lipinski definition) is 1. The summed E-state index contributed by atoms with van der Waals surface area (Å²) in [5, 5.41) is 2.49. The van der Waals surface area contributed by atoms with E-state index in [1.165, 1.54) is 11.8 Å². The maximum atomic E-state index is 13.6. The van der Waals surface area contributed by atoms with Gasteiger partial charge in [-0.05, 0) is 35.9 Å². The van der Waals surface area contributed by atoms with Gasteiger partial charge >= 0.3 is 0 Å². The number of hydrogen-bond acceptors (Lipinski definition) is 4. The Morgan fingerprint density at radius 1 is 1.03 bits per heavy atom. The minimum absolute atomic E-state index is 0.170. The third kappa shape index (κ3) is 3.75. The van der Waals surface area contributed by atoms with Gasteiger partial charge in [0, 0.05) is 22.7 Å². The predicted molar refractivity (Wildman–Crippen MR) is 132 cm³/mol. The van der Waals surface area contributed by atoms with Crippen LogP contribution in [0.25, 0.3) is 27.6 Å². The first-order valence-corrected chi connectivity index (χ1v) is 11.5. The highest BCUT2D eigenvalue weighted by molar-refractivity contribution is 7.98. The number of aromatic nitrogens is 3. The molecule has 1 N–H and O–H groups in total. The molecule has 0 bridgehead atoms. The van der Waals surface area contributed by atoms with Gasteiger partial charge in [0.1, 0.15) is 16.8 Å². The smallest absolute Gasteiger partial charge is 0.283 e. The largest absolute Gasteiger partial charge is 0.497 e. The van der Waals surface area contributed by atoms with Crippen LogP contribution in [0.3, 0.4) is 0 Å². The topological polar surface area (TPSA) is 59.9 Å². The molecule has 5 aromatic rings. The summed E-state index contributed by atoms with van der Waals surface area (Å²) >= 11 is 13.7. The Morgan fingerprint density at radius 3 is 2.69 bits per heavy atom. The molecule has 32 heavy (non-hydrogen) atoms. The lowest BCUT2D eigenvalue weighted by atomic mass is 10.2. The first-order chi connectivity index (χ1) is 15.5. The summed E-state index contributed by atoms with van der Waals surface area (Å²) in [5.41, 5.74) is 3.48. The fourth-order valence-corrected chi connectivity index (χ4v) is 4.86. The molecule has 0 amide bonds. The normalized spacial score (nSPS) is 11.3. The quantitative estimate of drug-likeness (QED) is 0.230. The van der Waals surface area contributed by atoms with E-state index in [0.29, 0.717) is 43.4 Å². The summed E-state index contributed by atoms with van der Waals surface area (Å²) in [5.74, 6) is 1.23. The number of H-pyrrole nitrogens is 1. The first-order valence-electron chi connectivity index (χ1n) is 9.80. The number of benzene rings is 3. The zero-order valence-corrected chi connectivity index (χ0v) is 19.3. The molecule has 3 aromatic carbocycles. The average molecular weight is 482 g/mol.